The molecule has 0 aliphatic carbocycles. The molecule has 0 unspecified atom stereocenters. The van der Waals surface area contributed by atoms with Crippen LogP contribution in [0, 0.1) is 6.92 Å². The number of hydrogen-bond donors (Lipinski definition) is 1. The van der Waals surface area contributed by atoms with Crippen molar-refractivity contribution >= 4 is 33.0 Å². The van der Waals surface area contributed by atoms with Gasteiger partial charge in [-0.05, 0) is 30.0 Å². The summed E-state index contributed by atoms with van der Waals surface area (Å²) in [6, 6.07) is 10.8. The number of hydrogen-bond acceptors (Lipinski definition) is 5. The summed E-state index contributed by atoms with van der Waals surface area (Å²) in [7, 11) is -3.47. The van der Waals surface area contributed by atoms with Gasteiger partial charge in [-0.3, -0.25) is 0 Å². The minimum absolute atomic E-state index is 0.148. The van der Waals surface area contributed by atoms with Crippen LogP contribution < -0.4 is 4.72 Å². The normalized spacial score (nSPS) is 11.8. The van der Waals surface area contributed by atoms with Gasteiger partial charge in [0.1, 0.15) is 5.76 Å². The van der Waals surface area contributed by atoms with Crippen LogP contribution in [0.15, 0.2) is 46.2 Å². The molecule has 0 spiro atoms. The molecular weight excluding hydrogens is 380 g/mol. The van der Waals surface area contributed by atoms with Gasteiger partial charge in [0.25, 0.3) is 0 Å². The molecule has 3 aromatic rings. The predicted octanol–water partition coefficient (Wildman–Crippen LogP) is 4.03. The fourth-order valence-electron chi connectivity index (χ4n) is 2.36. The van der Waals surface area contributed by atoms with Crippen LogP contribution in [0.4, 0.5) is 0 Å². The van der Waals surface area contributed by atoms with Crippen LogP contribution in [0.2, 0.25) is 5.02 Å². The van der Waals surface area contributed by atoms with Gasteiger partial charge in [-0.1, -0.05) is 35.9 Å². The number of oxazole rings is 1. The van der Waals surface area contributed by atoms with Crippen molar-refractivity contribution in [3.05, 3.63) is 63.8 Å². The molecule has 0 aliphatic heterocycles. The second-order valence-electron chi connectivity index (χ2n) is 5.49. The Labute approximate surface area is 155 Å². The van der Waals surface area contributed by atoms with Crippen molar-refractivity contribution in [2.45, 2.75) is 19.1 Å². The largest absolute Gasteiger partial charge is 0.440 e. The summed E-state index contributed by atoms with van der Waals surface area (Å²) < 4.78 is 32.7. The molecule has 0 fully saturated rings. The summed E-state index contributed by atoms with van der Waals surface area (Å²) in [5, 5.41) is 2.40. The molecule has 0 bridgehead atoms. The Kier molecular flexibility index (Phi) is 5.58. The van der Waals surface area contributed by atoms with E-state index in [4.69, 9.17) is 16.0 Å². The molecular formula is C17H17ClN2O3S2. The average Bonchev–Trinajstić information content (AvgIpc) is 3.20. The van der Waals surface area contributed by atoms with Crippen molar-refractivity contribution < 1.29 is 12.8 Å². The van der Waals surface area contributed by atoms with Crippen LogP contribution in [-0.2, 0) is 22.2 Å². The lowest BCUT2D eigenvalue weighted by Crippen LogP contribution is -2.27. The maximum absolute atomic E-state index is 12.2. The maximum atomic E-state index is 12.2. The molecule has 0 saturated carbocycles. The quantitative estimate of drug-likeness (QED) is 0.654. The fraction of sp³-hybridized carbons (Fsp3) is 0.235. The topological polar surface area (TPSA) is 72.2 Å². The number of aromatic nitrogens is 1. The lowest BCUT2D eigenvalue weighted by atomic mass is 10.2. The number of nitrogens with one attached hydrogen (secondary N) is 1. The maximum Gasteiger partial charge on any atom is 0.236 e. The van der Waals surface area contributed by atoms with Crippen molar-refractivity contribution in [2.75, 3.05) is 6.54 Å². The second-order valence-corrected chi connectivity index (χ2v) is 8.66. The minimum Gasteiger partial charge on any atom is -0.440 e. The molecule has 8 heteroatoms. The number of rotatable bonds is 7. The molecule has 3 rings (SSSR count). The number of halogens is 1. The van der Waals surface area contributed by atoms with E-state index in [1.165, 1.54) is 0 Å². The molecule has 0 saturated heterocycles. The molecule has 0 aliphatic rings. The van der Waals surface area contributed by atoms with Gasteiger partial charge in [-0.25, -0.2) is 18.1 Å². The third-order valence-corrected chi connectivity index (χ3v) is 6.17. The lowest BCUT2D eigenvalue weighted by Gasteiger charge is -2.07. The first-order chi connectivity index (χ1) is 11.9. The highest BCUT2D eigenvalue weighted by Crippen LogP contribution is 2.26. The number of benzene rings is 1. The molecule has 0 atom stereocenters. The zero-order valence-electron chi connectivity index (χ0n) is 13.5. The minimum atomic E-state index is -3.47. The van der Waals surface area contributed by atoms with E-state index in [0.717, 1.165) is 10.6 Å². The van der Waals surface area contributed by atoms with E-state index in [0.29, 0.717) is 28.7 Å². The first kappa shape index (κ1) is 18.1. The highest BCUT2D eigenvalue weighted by atomic mass is 35.5. The van der Waals surface area contributed by atoms with E-state index < -0.39 is 10.0 Å². The van der Waals surface area contributed by atoms with E-state index in [1.54, 1.807) is 35.6 Å². The van der Waals surface area contributed by atoms with Crippen molar-refractivity contribution in [1.82, 2.24) is 9.71 Å². The Morgan fingerprint density at radius 2 is 2.04 bits per heavy atom. The summed E-state index contributed by atoms with van der Waals surface area (Å²) in [6.45, 7) is 2.09. The van der Waals surface area contributed by atoms with Crippen LogP contribution in [0.3, 0.4) is 0 Å². The molecule has 1 N–H and O–H groups in total. The zero-order valence-corrected chi connectivity index (χ0v) is 15.9. The van der Waals surface area contributed by atoms with E-state index in [1.807, 2.05) is 24.4 Å². The Morgan fingerprint density at radius 1 is 1.24 bits per heavy atom. The Morgan fingerprint density at radius 3 is 2.76 bits per heavy atom. The van der Waals surface area contributed by atoms with Crippen LogP contribution >= 0.6 is 22.9 Å². The highest BCUT2D eigenvalue weighted by molar-refractivity contribution is 7.88. The fourth-order valence-corrected chi connectivity index (χ4v) is 4.47. The summed E-state index contributed by atoms with van der Waals surface area (Å²) >= 11 is 7.57. The first-order valence-corrected chi connectivity index (χ1v) is 10.6. The number of thiophene rings is 1. The zero-order chi connectivity index (χ0) is 17.9. The molecule has 2 aromatic heterocycles. The summed E-state index contributed by atoms with van der Waals surface area (Å²) in [5.41, 5.74) is 1.33. The van der Waals surface area contributed by atoms with E-state index in [2.05, 4.69) is 9.71 Å². The molecule has 25 heavy (non-hydrogen) atoms. The predicted molar refractivity (Wildman–Crippen MR) is 100 cm³/mol. The Balaban J connectivity index is 1.60. The van der Waals surface area contributed by atoms with Gasteiger partial charge in [0, 0.05) is 18.0 Å². The van der Waals surface area contributed by atoms with E-state index >= 15 is 0 Å². The highest BCUT2D eigenvalue weighted by Gasteiger charge is 2.15. The van der Waals surface area contributed by atoms with Crippen LogP contribution in [0.25, 0.3) is 10.8 Å². The van der Waals surface area contributed by atoms with Gasteiger partial charge >= 0.3 is 0 Å². The Hall–Kier alpha value is -1.67. The second kappa shape index (κ2) is 7.70. The van der Waals surface area contributed by atoms with Crippen molar-refractivity contribution in [3.8, 4) is 10.8 Å². The van der Waals surface area contributed by atoms with Crippen LogP contribution in [0.1, 0.15) is 17.0 Å². The van der Waals surface area contributed by atoms with E-state index in [9.17, 15) is 8.42 Å². The average molecular weight is 397 g/mol. The molecule has 2 heterocycles. The van der Waals surface area contributed by atoms with Gasteiger partial charge in [0.05, 0.1) is 16.3 Å². The first-order valence-electron chi connectivity index (χ1n) is 7.65. The standard InChI is InChI=1S/C17H17ClN2O3S2/c1-12-15(20-17(23-12)16-7-4-10-24-16)8-9-19-25(21,22)11-13-5-2-3-6-14(13)18/h2-7,10,19H,8-9,11H2,1H3. The number of sulfonamides is 1. The third kappa shape index (κ3) is 4.70. The number of nitrogens with zero attached hydrogens (tertiary/aromatic N) is 1. The Bertz CT molecular complexity index is 950. The molecule has 5 nitrogen and oxygen atoms in total. The van der Waals surface area contributed by atoms with Crippen LogP contribution in [-0.4, -0.2) is 19.9 Å². The lowest BCUT2D eigenvalue weighted by molar-refractivity contribution is 0.539. The third-order valence-electron chi connectivity index (χ3n) is 3.61. The van der Waals surface area contributed by atoms with Crippen molar-refractivity contribution in [3.63, 3.8) is 0 Å². The van der Waals surface area contributed by atoms with Crippen molar-refractivity contribution in [1.29, 1.82) is 0 Å². The molecule has 132 valence electrons. The monoisotopic (exact) mass is 396 g/mol. The summed E-state index contributed by atoms with van der Waals surface area (Å²) in [4.78, 5) is 5.41. The SMILES string of the molecule is Cc1oc(-c2cccs2)nc1CCNS(=O)(=O)Cc1ccccc1Cl. The van der Waals surface area contributed by atoms with Crippen molar-refractivity contribution in [2.24, 2.45) is 0 Å². The van der Waals surface area contributed by atoms with E-state index in [-0.39, 0.29) is 12.3 Å². The smallest absolute Gasteiger partial charge is 0.236 e. The number of aryl methyl sites for hydroxylation is 1. The van der Waals surface area contributed by atoms with Gasteiger partial charge in [0.2, 0.25) is 15.9 Å². The molecule has 1 aromatic carbocycles. The van der Waals surface area contributed by atoms with Crippen LogP contribution in [0.5, 0.6) is 0 Å². The summed E-state index contributed by atoms with van der Waals surface area (Å²) in [6.07, 6.45) is 0.461. The molecule has 0 amide bonds. The summed E-state index contributed by atoms with van der Waals surface area (Å²) in [5.74, 6) is 1.13. The molecule has 0 radical (unpaired) electrons. The van der Waals surface area contributed by atoms with Gasteiger partial charge < -0.3 is 4.42 Å². The van der Waals surface area contributed by atoms with Gasteiger partial charge in [-0.15, -0.1) is 11.3 Å². The van der Waals surface area contributed by atoms with Gasteiger partial charge in [-0.2, -0.15) is 0 Å². The van der Waals surface area contributed by atoms with Gasteiger partial charge in [0.15, 0.2) is 0 Å².